The van der Waals surface area contributed by atoms with Crippen molar-refractivity contribution in [3.63, 3.8) is 0 Å². The highest BCUT2D eigenvalue weighted by Crippen LogP contribution is 2.28. The molecule has 1 aliphatic heterocycles. The van der Waals surface area contributed by atoms with Crippen LogP contribution in [0, 0.1) is 5.92 Å². The zero-order valence-electron chi connectivity index (χ0n) is 9.41. The Morgan fingerprint density at radius 1 is 1.07 bits per heavy atom. The summed E-state index contributed by atoms with van der Waals surface area (Å²) in [6.45, 7) is 4.97. The molecule has 2 heteroatoms. The van der Waals surface area contributed by atoms with E-state index in [-0.39, 0.29) is 0 Å². The van der Waals surface area contributed by atoms with Crippen LogP contribution in [0.2, 0.25) is 0 Å². The third kappa shape index (κ3) is 2.29. The maximum atomic E-state index is 6.23. The van der Waals surface area contributed by atoms with Gasteiger partial charge in [-0.15, -0.1) is 0 Å². The fourth-order valence-electron chi connectivity index (χ4n) is 3.04. The lowest BCUT2D eigenvalue weighted by atomic mass is 9.82. The molecule has 1 saturated carbocycles. The van der Waals surface area contributed by atoms with Gasteiger partial charge in [0.1, 0.15) is 0 Å². The van der Waals surface area contributed by atoms with Crippen LogP contribution in [0.15, 0.2) is 0 Å². The van der Waals surface area contributed by atoms with Crippen LogP contribution in [0.3, 0.4) is 0 Å². The van der Waals surface area contributed by atoms with Crippen molar-refractivity contribution in [3.8, 4) is 0 Å². The second kappa shape index (κ2) is 4.63. The monoisotopic (exact) mass is 196 g/mol. The van der Waals surface area contributed by atoms with Crippen LogP contribution in [0.25, 0.3) is 0 Å². The predicted molar refractivity (Wildman–Crippen MR) is 60.2 cm³/mol. The first kappa shape index (κ1) is 10.4. The molecule has 1 aliphatic carbocycles. The Morgan fingerprint density at radius 3 is 2.50 bits per heavy atom. The van der Waals surface area contributed by atoms with E-state index in [4.69, 9.17) is 5.73 Å². The second-order valence-electron chi connectivity index (χ2n) is 5.25. The Hall–Kier alpha value is -0.0800. The van der Waals surface area contributed by atoms with Gasteiger partial charge < -0.3 is 5.73 Å². The lowest BCUT2D eigenvalue weighted by Crippen LogP contribution is -2.52. The van der Waals surface area contributed by atoms with Gasteiger partial charge in [-0.3, -0.25) is 4.90 Å². The minimum absolute atomic E-state index is 0.448. The molecule has 2 fully saturated rings. The Kier molecular flexibility index (Phi) is 3.45. The molecule has 0 aromatic rings. The minimum Gasteiger partial charge on any atom is -0.326 e. The Morgan fingerprint density at radius 2 is 1.79 bits per heavy atom. The van der Waals surface area contributed by atoms with E-state index in [1.165, 1.54) is 51.6 Å². The van der Waals surface area contributed by atoms with Crippen molar-refractivity contribution in [3.05, 3.63) is 0 Å². The molecular formula is C12H24N2. The van der Waals surface area contributed by atoms with Gasteiger partial charge in [-0.25, -0.2) is 0 Å². The molecule has 0 spiro atoms. The van der Waals surface area contributed by atoms with Crippen molar-refractivity contribution < 1.29 is 0 Å². The van der Waals surface area contributed by atoms with Gasteiger partial charge in [-0.05, 0) is 51.1 Å². The van der Waals surface area contributed by atoms with E-state index in [2.05, 4.69) is 11.8 Å². The first-order valence-electron chi connectivity index (χ1n) is 6.27. The highest BCUT2D eigenvalue weighted by Gasteiger charge is 2.30. The topological polar surface area (TPSA) is 29.3 Å². The number of hydrogen-bond acceptors (Lipinski definition) is 2. The van der Waals surface area contributed by atoms with E-state index in [0.717, 1.165) is 5.92 Å². The normalized spacial score (nSPS) is 41.1. The molecule has 1 heterocycles. The van der Waals surface area contributed by atoms with Crippen LogP contribution in [0.4, 0.5) is 0 Å². The maximum Gasteiger partial charge on any atom is 0.0249 e. The largest absolute Gasteiger partial charge is 0.326 e. The molecule has 2 rings (SSSR count). The zero-order valence-corrected chi connectivity index (χ0v) is 9.41. The lowest BCUT2D eigenvalue weighted by molar-refractivity contribution is 0.0967. The van der Waals surface area contributed by atoms with Crippen molar-refractivity contribution in [2.45, 2.75) is 57.5 Å². The van der Waals surface area contributed by atoms with E-state index in [1.54, 1.807) is 0 Å². The van der Waals surface area contributed by atoms with Gasteiger partial charge in [0.05, 0.1) is 0 Å². The third-order valence-electron chi connectivity index (χ3n) is 3.99. The van der Waals surface area contributed by atoms with Gasteiger partial charge in [0.15, 0.2) is 0 Å². The lowest BCUT2D eigenvalue weighted by Gasteiger charge is -2.42. The first-order valence-corrected chi connectivity index (χ1v) is 6.27. The van der Waals surface area contributed by atoms with Gasteiger partial charge in [0, 0.05) is 12.1 Å². The molecule has 2 N–H and O–H groups in total. The molecule has 2 aliphatic rings. The number of hydrogen-bond donors (Lipinski definition) is 1. The average molecular weight is 196 g/mol. The highest BCUT2D eigenvalue weighted by molar-refractivity contribution is 4.89. The molecule has 2 nitrogen and oxygen atoms in total. The second-order valence-corrected chi connectivity index (χ2v) is 5.25. The number of rotatable bonds is 1. The molecule has 0 radical (unpaired) electrons. The third-order valence-corrected chi connectivity index (χ3v) is 3.99. The Balaban J connectivity index is 1.92. The number of nitrogens with zero attached hydrogens (tertiary/aromatic N) is 1. The van der Waals surface area contributed by atoms with Crippen LogP contribution in [0.5, 0.6) is 0 Å². The van der Waals surface area contributed by atoms with Gasteiger partial charge in [-0.2, -0.15) is 0 Å². The number of nitrogens with two attached hydrogens (primary N) is 1. The van der Waals surface area contributed by atoms with Crippen molar-refractivity contribution in [2.75, 3.05) is 13.1 Å². The van der Waals surface area contributed by atoms with Crippen molar-refractivity contribution in [1.82, 2.24) is 4.90 Å². The summed E-state index contributed by atoms with van der Waals surface area (Å²) in [5, 5.41) is 0. The van der Waals surface area contributed by atoms with Gasteiger partial charge in [-0.1, -0.05) is 13.3 Å². The molecule has 0 aromatic heterocycles. The fraction of sp³-hybridized carbons (Fsp3) is 1.00. The van der Waals surface area contributed by atoms with Crippen molar-refractivity contribution in [1.29, 1.82) is 0 Å². The highest BCUT2D eigenvalue weighted by atomic mass is 15.2. The van der Waals surface area contributed by atoms with Crippen LogP contribution >= 0.6 is 0 Å². The number of piperidine rings is 1. The average Bonchev–Trinajstić information content (AvgIpc) is 2.23. The molecular weight excluding hydrogens is 172 g/mol. The molecule has 3 atom stereocenters. The summed E-state index contributed by atoms with van der Waals surface area (Å²) in [6.07, 6.45) is 8.11. The summed E-state index contributed by atoms with van der Waals surface area (Å²) < 4.78 is 0. The van der Waals surface area contributed by atoms with Crippen LogP contribution in [-0.4, -0.2) is 30.1 Å². The van der Waals surface area contributed by atoms with E-state index in [9.17, 15) is 0 Å². The summed E-state index contributed by atoms with van der Waals surface area (Å²) >= 11 is 0. The molecule has 82 valence electrons. The quantitative estimate of drug-likeness (QED) is 0.695. The van der Waals surface area contributed by atoms with E-state index in [1.807, 2.05) is 0 Å². The minimum atomic E-state index is 0.448. The first-order chi connectivity index (χ1) is 6.77. The summed E-state index contributed by atoms with van der Waals surface area (Å²) in [5.74, 6) is 0.890. The summed E-state index contributed by atoms with van der Waals surface area (Å²) in [5.41, 5.74) is 6.23. The smallest absolute Gasteiger partial charge is 0.0249 e. The maximum absolute atomic E-state index is 6.23. The van der Waals surface area contributed by atoms with E-state index in [0.29, 0.717) is 12.1 Å². The summed E-state index contributed by atoms with van der Waals surface area (Å²) in [4.78, 5) is 2.66. The van der Waals surface area contributed by atoms with Crippen molar-refractivity contribution >= 4 is 0 Å². The number of likely N-dealkylation sites (tertiary alicyclic amines) is 1. The Bertz CT molecular complexity index is 175. The Labute approximate surface area is 87.8 Å². The van der Waals surface area contributed by atoms with Crippen LogP contribution in [0.1, 0.15) is 45.4 Å². The molecule has 0 aromatic carbocycles. The van der Waals surface area contributed by atoms with Gasteiger partial charge in [0.2, 0.25) is 0 Å². The standard InChI is InChI=1S/C12H24N2/c1-10-5-6-11(13)12(9-10)14-7-3-2-4-8-14/h10-12H,2-9,13H2,1H3. The SMILES string of the molecule is CC1CCC(N)C(N2CCCCC2)C1. The fourth-order valence-corrected chi connectivity index (χ4v) is 3.04. The summed E-state index contributed by atoms with van der Waals surface area (Å²) in [7, 11) is 0. The molecule has 0 amide bonds. The van der Waals surface area contributed by atoms with Crippen LogP contribution < -0.4 is 5.73 Å². The molecule has 3 unspecified atom stereocenters. The molecule has 1 saturated heterocycles. The van der Waals surface area contributed by atoms with Crippen LogP contribution in [-0.2, 0) is 0 Å². The molecule has 14 heavy (non-hydrogen) atoms. The predicted octanol–water partition coefficient (Wildman–Crippen LogP) is 1.99. The summed E-state index contributed by atoms with van der Waals surface area (Å²) in [6, 6.07) is 1.14. The zero-order chi connectivity index (χ0) is 9.97. The van der Waals surface area contributed by atoms with Crippen molar-refractivity contribution in [2.24, 2.45) is 11.7 Å². The van der Waals surface area contributed by atoms with Gasteiger partial charge >= 0.3 is 0 Å². The molecule has 0 bridgehead atoms. The van der Waals surface area contributed by atoms with E-state index >= 15 is 0 Å². The van der Waals surface area contributed by atoms with E-state index < -0.39 is 0 Å². The van der Waals surface area contributed by atoms with Gasteiger partial charge in [0.25, 0.3) is 0 Å².